The van der Waals surface area contributed by atoms with Crippen LogP contribution in [0.15, 0.2) is 182 Å². The second-order valence-electron chi connectivity index (χ2n) is 14.1. The maximum atomic E-state index is 15.5. The summed E-state index contributed by atoms with van der Waals surface area (Å²) in [6.07, 6.45) is 0. The third-order valence-electron chi connectivity index (χ3n) is 11.2. The third kappa shape index (κ3) is 4.87. The van der Waals surface area contributed by atoms with Crippen LogP contribution in [-0.4, -0.2) is 14.5 Å². The Morgan fingerprint density at radius 2 is 0.727 bits per heavy atom. The first-order valence-corrected chi connectivity index (χ1v) is 20.2. The molecule has 1 heterocycles. The Kier molecular flexibility index (Phi) is 7.35. The molecule has 258 valence electrons. The van der Waals surface area contributed by atoms with E-state index in [9.17, 15) is 0 Å². The van der Waals surface area contributed by atoms with E-state index in [1.807, 2.05) is 36.4 Å². The van der Waals surface area contributed by atoms with Crippen molar-refractivity contribution in [1.29, 1.82) is 0 Å². The fourth-order valence-electron chi connectivity index (χ4n) is 8.93. The minimum absolute atomic E-state index is 0.0126. The molecular formula is C52H30F2Se. The van der Waals surface area contributed by atoms with E-state index < -0.39 is 11.6 Å². The SMILES string of the molecule is Fc1cccc(F)c1-c1c2ccccc2c(-c2ccc3c(c2)[se]c2c(-c4c5ccccc5c(-c5ccccc5)c5ccccc45)cccc23)c2ccccc12. The Labute approximate surface area is 322 Å². The standard InChI is InChI=1S/C52H30F2Se/c53-44-26-13-27-45(54)51(44)50-40-22-10-6-18-36(40)48(37-19-7-11-23-41(37)50)32-28-29-33-42-24-12-25-43(52(42)55-46(33)30-32)49-38-20-8-4-16-34(38)47(31-14-2-1-3-15-31)35-17-5-9-21-39(35)49/h1-30H. The molecule has 10 aromatic carbocycles. The molecule has 0 aliphatic heterocycles. The first-order chi connectivity index (χ1) is 27.2. The molecule has 0 unspecified atom stereocenters. The van der Waals surface area contributed by atoms with Crippen LogP contribution in [0.3, 0.4) is 0 Å². The normalized spacial score (nSPS) is 11.8. The second-order valence-corrected chi connectivity index (χ2v) is 16.3. The van der Waals surface area contributed by atoms with E-state index in [-0.39, 0.29) is 20.1 Å². The summed E-state index contributed by atoms with van der Waals surface area (Å²) >= 11 is 0.0272. The van der Waals surface area contributed by atoms with E-state index in [1.54, 1.807) is 0 Å². The van der Waals surface area contributed by atoms with Gasteiger partial charge in [-0.15, -0.1) is 0 Å². The number of rotatable bonds is 4. The number of halogens is 2. The van der Waals surface area contributed by atoms with Gasteiger partial charge in [0.05, 0.1) is 0 Å². The van der Waals surface area contributed by atoms with Gasteiger partial charge in [-0.2, -0.15) is 0 Å². The summed E-state index contributed by atoms with van der Waals surface area (Å²) in [4.78, 5) is 0. The molecule has 55 heavy (non-hydrogen) atoms. The topological polar surface area (TPSA) is 0 Å². The Bertz CT molecular complexity index is 3210. The van der Waals surface area contributed by atoms with Crippen LogP contribution < -0.4 is 0 Å². The molecule has 0 radical (unpaired) electrons. The van der Waals surface area contributed by atoms with Crippen molar-refractivity contribution >= 4 is 76.9 Å². The van der Waals surface area contributed by atoms with Gasteiger partial charge in [-0.05, 0) is 0 Å². The average Bonchev–Trinajstić information content (AvgIpc) is 3.61. The molecule has 1 aromatic heterocycles. The van der Waals surface area contributed by atoms with Gasteiger partial charge in [0.1, 0.15) is 0 Å². The van der Waals surface area contributed by atoms with Gasteiger partial charge in [-0.3, -0.25) is 0 Å². The number of hydrogen-bond acceptors (Lipinski definition) is 0. The van der Waals surface area contributed by atoms with Crippen LogP contribution in [0.5, 0.6) is 0 Å². The van der Waals surface area contributed by atoms with Crippen molar-refractivity contribution in [2.45, 2.75) is 0 Å². The van der Waals surface area contributed by atoms with Crippen LogP contribution in [-0.2, 0) is 0 Å². The molecule has 0 bridgehead atoms. The molecular weight excluding hydrogens is 742 g/mol. The van der Waals surface area contributed by atoms with Crippen LogP contribution in [0.1, 0.15) is 0 Å². The van der Waals surface area contributed by atoms with Gasteiger partial charge < -0.3 is 0 Å². The molecule has 0 nitrogen and oxygen atoms in total. The van der Waals surface area contributed by atoms with Gasteiger partial charge in [-0.25, -0.2) is 0 Å². The Hall–Kier alpha value is -6.38. The van der Waals surface area contributed by atoms with Crippen LogP contribution in [0.4, 0.5) is 8.78 Å². The monoisotopic (exact) mass is 772 g/mol. The van der Waals surface area contributed by atoms with E-state index in [4.69, 9.17) is 0 Å². The zero-order chi connectivity index (χ0) is 36.6. The molecule has 11 rings (SSSR count). The molecule has 0 spiro atoms. The molecule has 11 aromatic rings. The second kappa shape index (κ2) is 12.6. The first-order valence-electron chi connectivity index (χ1n) is 18.5. The Balaban J connectivity index is 1.18. The number of hydrogen-bond donors (Lipinski definition) is 0. The fraction of sp³-hybridized carbons (Fsp3) is 0. The Morgan fingerprint density at radius 1 is 0.291 bits per heavy atom. The van der Waals surface area contributed by atoms with Crippen LogP contribution in [0.2, 0.25) is 0 Å². The van der Waals surface area contributed by atoms with E-state index in [0.717, 1.165) is 32.7 Å². The van der Waals surface area contributed by atoms with Crippen molar-refractivity contribution in [3.05, 3.63) is 194 Å². The molecule has 3 heteroatoms. The van der Waals surface area contributed by atoms with E-state index in [2.05, 4.69) is 127 Å². The first kappa shape index (κ1) is 32.1. The summed E-state index contributed by atoms with van der Waals surface area (Å²) in [5.41, 5.74) is 7.84. The van der Waals surface area contributed by atoms with Crippen molar-refractivity contribution in [3.8, 4) is 44.5 Å². The summed E-state index contributed by atoms with van der Waals surface area (Å²) in [6, 6.07) is 62.3. The van der Waals surface area contributed by atoms with Gasteiger partial charge in [0, 0.05) is 0 Å². The number of fused-ring (bicyclic) bond motifs is 7. The molecule has 0 atom stereocenters. The maximum absolute atomic E-state index is 15.5. The summed E-state index contributed by atoms with van der Waals surface area (Å²) < 4.78 is 33.7. The summed E-state index contributed by atoms with van der Waals surface area (Å²) in [5, 5.41) is 11.2. The van der Waals surface area contributed by atoms with Gasteiger partial charge in [0.15, 0.2) is 0 Å². The van der Waals surface area contributed by atoms with E-state index in [0.29, 0.717) is 5.56 Å². The zero-order valence-electron chi connectivity index (χ0n) is 29.5. The molecule has 0 saturated heterocycles. The fourth-order valence-corrected chi connectivity index (χ4v) is 11.6. The van der Waals surface area contributed by atoms with Gasteiger partial charge in [0.2, 0.25) is 0 Å². The minimum atomic E-state index is -0.563. The van der Waals surface area contributed by atoms with Crippen LogP contribution in [0.25, 0.3) is 107 Å². The van der Waals surface area contributed by atoms with Gasteiger partial charge in [-0.1, -0.05) is 0 Å². The quantitative estimate of drug-likeness (QED) is 0.123. The summed E-state index contributed by atoms with van der Waals surface area (Å²) in [6.45, 7) is 0. The Morgan fingerprint density at radius 3 is 1.27 bits per heavy atom. The van der Waals surface area contributed by atoms with Crippen molar-refractivity contribution in [1.82, 2.24) is 0 Å². The van der Waals surface area contributed by atoms with Crippen LogP contribution in [0, 0.1) is 11.6 Å². The predicted molar refractivity (Wildman–Crippen MR) is 230 cm³/mol. The van der Waals surface area contributed by atoms with E-state index in [1.165, 1.54) is 81.3 Å². The predicted octanol–water partition coefficient (Wildman–Crippen LogP) is 14.6. The van der Waals surface area contributed by atoms with E-state index >= 15 is 8.78 Å². The van der Waals surface area contributed by atoms with Crippen molar-refractivity contribution in [2.75, 3.05) is 0 Å². The third-order valence-corrected chi connectivity index (χ3v) is 13.7. The zero-order valence-corrected chi connectivity index (χ0v) is 31.2. The molecule has 0 N–H and O–H groups in total. The molecule has 0 saturated carbocycles. The van der Waals surface area contributed by atoms with Crippen molar-refractivity contribution < 1.29 is 8.78 Å². The van der Waals surface area contributed by atoms with Gasteiger partial charge >= 0.3 is 324 Å². The van der Waals surface area contributed by atoms with Crippen LogP contribution >= 0.6 is 0 Å². The molecule has 0 amide bonds. The molecule has 0 aliphatic rings. The van der Waals surface area contributed by atoms with Gasteiger partial charge in [0.25, 0.3) is 0 Å². The summed E-state index contributed by atoms with van der Waals surface area (Å²) in [5.74, 6) is -1.13. The summed E-state index contributed by atoms with van der Waals surface area (Å²) in [7, 11) is 0. The van der Waals surface area contributed by atoms with Crippen molar-refractivity contribution in [2.24, 2.45) is 0 Å². The molecule has 0 fully saturated rings. The average molecular weight is 772 g/mol. The van der Waals surface area contributed by atoms with Crippen molar-refractivity contribution in [3.63, 3.8) is 0 Å². The number of benzene rings is 10. The molecule has 0 aliphatic carbocycles.